The zero-order valence-electron chi connectivity index (χ0n) is 12.3. The van der Waals surface area contributed by atoms with Crippen LogP contribution in [-0.4, -0.2) is 29.2 Å². The van der Waals surface area contributed by atoms with Crippen LogP contribution in [0.4, 0.5) is 0 Å². The van der Waals surface area contributed by atoms with E-state index in [1.165, 1.54) is 19.3 Å². The van der Waals surface area contributed by atoms with E-state index in [-0.39, 0.29) is 0 Å². The van der Waals surface area contributed by atoms with Crippen molar-refractivity contribution in [2.75, 3.05) is 13.2 Å². The van der Waals surface area contributed by atoms with E-state index in [1.807, 2.05) is 6.92 Å². The van der Waals surface area contributed by atoms with Gasteiger partial charge in [-0.3, -0.25) is 0 Å². The van der Waals surface area contributed by atoms with Gasteiger partial charge in [0.25, 0.3) is 0 Å². The fourth-order valence-corrected chi connectivity index (χ4v) is 2.40. The van der Waals surface area contributed by atoms with E-state index in [0.29, 0.717) is 12.6 Å². The highest BCUT2D eigenvalue weighted by Crippen LogP contribution is 2.34. The highest BCUT2D eigenvalue weighted by Gasteiger charge is 2.31. The number of nitrogens with one attached hydrogen (secondary N) is 1. The van der Waals surface area contributed by atoms with Crippen LogP contribution in [0.25, 0.3) is 0 Å². The molecule has 1 saturated carbocycles. The van der Waals surface area contributed by atoms with Gasteiger partial charge >= 0.3 is 0 Å². The van der Waals surface area contributed by atoms with Crippen molar-refractivity contribution in [1.29, 1.82) is 0 Å². The highest BCUT2D eigenvalue weighted by atomic mass is 16.5. The molecule has 1 unspecified atom stereocenters. The Hall–Kier alpha value is -1.16. The Bertz CT molecular complexity index is 404. The second-order valence-electron chi connectivity index (χ2n) is 5.29. The van der Waals surface area contributed by atoms with Gasteiger partial charge in [0.05, 0.1) is 12.3 Å². The van der Waals surface area contributed by atoms with Crippen LogP contribution in [0.3, 0.4) is 0 Å². The van der Waals surface area contributed by atoms with Gasteiger partial charge in [0.15, 0.2) is 0 Å². The van der Waals surface area contributed by atoms with Crippen LogP contribution >= 0.6 is 0 Å². The fourth-order valence-electron chi connectivity index (χ4n) is 2.40. The molecule has 1 fully saturated rings. The molecule has 106 valence electrons. The maximum atomic E-state index is 5.54. The Balaban J connectivity index is 2.05. The van der Waals surface area contributed by atoms with E-state index in [0.717, 1.165) is 36.0 Å². The van der Waals surface area contributed by atoms with Crippen LogP contribution in [0, 0.1) is 12.8 Å². The molecule has 1 heterocycles. The maximum absolute atomic E-state index is 5.54. The van der Waals surface area contributed by atoms with Gasteiger partial charge in [-0.05, 0) is 45.6 Å². The largest absolute Gasteiger partial charge is 0.478 e. The van der Waals surface area contributed by atoms with E-state index in [4.69, 9.17) is 4.74 Å². The standard InChI is InChI=1S/C15H25N3O/c1-4-8-16-14(12-6-7-12)9-13-11(3)15(19-5-2)18-10-17-13/h10,12,14,16H,4-9H2,1-3H3. The van der Waals surface area contributed by atoms with Crippen molar-refractivity contribution < 1.29 is 4.74 Å². The molecule has 1 N–H and O–H groups in total. The Morgan fingerprint density at radius 3 is 2.79 bits per heavy atom. The molecular weight excluding hydrogens is 238 g/mol. The van der Waals surface area contributed by atoms with Crippen LogP contribution in [0.2, 0.25) is 0 Å². The number of ether oxygens (including phenoxy) is 1. The summed E-state index contributed by atoms with van der Waals surface area (Å²) in [6, 6.07) is 0.558. The Morgan fingerprint density at radius 2 is 2.16 bits per heavy atom. The summed E-state index contributed by atoms with van der Waals surface area (Å²) >= 11 is 0. The summed E-state index contributed by atoms with van der Waals surface area (Å²) in [5.74, 6) is 1.56. The van der Waals surface area contributed by atoms with E-state index in [1.54, 1.807) is 6.33 Å². The Kier molecular flexibility index (Phi) is 5.14. The monoisotopic (exact) mass is 263 g/mol. The summed E-state index contributed by atoms with van der Waals surface area (Å²) in [5.41, 5.74) is 2.22. The normalized spacial score (nSPS) is 16.4. The molecule has 0 radical (unpaired) electrons. The fraction of sp³-hybridized carbons (Fsp3) is 0.733. The van der Waals surface area contributed by atoms with Gasteiger partial charge in [-0.1, -0.05) is 6.92 Å². The summed E-state index contributed by atoms with van der Waals surface area (Å²) in [7, 11) is 0. The van der Waals surface area contributed by atoms with Gasteiger partial charge < -0.3 is 10.1 Å². The molecule has 0 aliphatic heterocycles. The summed E-state index contributed by atoms with van der Waals surface area (Å²) in [6.07, 6.45) is 6.49. The first-order valence-electron chi connectivity index (χ1n) is 7.42. The lowest BCUT2D eigenvalue weighted by Gasteiger charge is -2.19. The van der Waals surface area contributed by atoms with Crippen molar-refractivity contribution in [3.63, 3.8) is 0 Å². The third-order valence-electron chi connectivity index (χ3n) is 3.68. The number of hydrogen-bond donors (Lipinski definition) is 1. The van der Waals surface area contributed by atoms with Crippen molar-refractivity contribution in [3.05, 3.63) is 17.6 Å². The average molecular weight is 263 g/mol. The van der Waals surface area contributed by atoms with Crippen LogP contribution in [0.5, 0.6) is 5.88 Å². The molecule has 1 aliphatic rings. The number of hydrogen-bond acceptors (Lipinski definition) is 4. The van der Waals surface area contributed by atoms with Crippen LogP contribution in [0.1, 0.15) is 44.4 Å². The second-order valence-corrected chi connectivity index (χ2v) is 5.29. The third-order valence-corrected chi connectivity index (χ3v) is 3.68. The van der Waals surface area contributed by atoms with Crippen molar-refractivity contribution in [3.8, 4) is 5.88 Å². The van der Waals surface area contributed by atoms with Crippen LogP contribution in [-0.2, 0) is 6.42 Å². The number of aromatic nitrogens is 2. The molecule has 1 aliphatic carbocycles. The lowest BCUT2D eigenvalue weighted by Crippen LogP contribution is -2.34. The van der Waals surface area contributed by atoms with Crippen molar-refractivity contribution >= 4 is 0 Å². The second kappa shape index (κ2) is 6.85. The number of rotatable bonds is 8. The van der Waals surface area contributed by atoms with E-state index in [2.05, 4.69) is 29.1 Å². The third kappa shape index (κ3) is 3.90. The molecule has 0 amide bonds. The minimum atomic E-state index is 0.558. The summed E-state index contributed by atoms with van der Waals surface area (Å²) in [4.78, 5) is 8.65. The van der Waals surface area contributed by atoms with Gasteiger partial charge in [-0.25, -0.2) is 9.97 Å². The quantitative estimate of drug-likeness (QED) is 0.783. The minimum Gasteiger partial charge on any atom is -0.478 e. The summed E-state index contributed by atoms with van der Waals surface area (Å²) in [5, 5.41) is 3.66. The summed E-state index contributed by atoms with van der Waals surface area (Å²) < 4.78 is 5.54. The minimum absolute atomic E-state index is 0.558. The Labute approximate surface area is 116 Å². The molecule has 2 rings (SSSR count). The first-order chi connectivity index (χ1) is 9.26. The van der Waals surface area contributed by atoms with E-state index in [9.17, 15) is 0 Å². The zero-order chi connectivity index (χ0) is 13.7. The van der Waals surface area contributed by atoms with Gasteiger partial charge in [0.2, 0.25) is 5.88 Å². The average Bonchev–Trinajstić information content (AvgIpc) is 3.23. The number of nitrogens with zero attached hydrogens (tertiary/aromatic N) is 2. The van der Waals surface area contributed by atoms with E-state index >= 15 is 0 Å². The van der Waals surface area contributed by atoms with Crippen LogP contribution in [0.15, 0.2) is 6.33 Å². The highest BCUT2D eigenvalue weighted by molar-refractivity contribution is 5.28. The van der Waals surface area contributed by atoms with Gasteiger partial charge in [-0.15, -0.1) is 0 Å². The molecule has 4 heteroatoms. The SMILES string of the molecule is CCCNC(Cc1ncnc(OCC)c1C)C1CC1. The topological polar surface area (TPSA) is 47.0 Å². The Morgan fingerprint density at radius 1 is 1.37 bits per heavy atom. The van der Waals surface area contributed by atoms with Gasteiger partial charge in [0.1, 0.15) is 6.33 Å². The molecule has 0 bridgehead atoms. The predicted octanol–water partition coefficient (Wildman–Crippen LogP) is 2.50. The first kappa shape index (κ1) is 14.3. The predicted molar refractivity (Wildman–Crippen MR) is 76.4 cm³/mol. The molecule has 0 spiro atoms. The van der Waals surface area contributed by atoms with Gasteiger partial charge in [0, 0.05) is 18.0 Å². The maximum Gasteiger partial charge on any atom is 0.219 e. The van der Waals surface area contributed by atoms with E-state index < -0.39 is 0 Å². The smallest absolute Gasteiger partial charge is 0.219 e. The molecular formula is C15H25N3O. The summed E-state index contributed by atoms with van der Waals surface area (Å²) in [6.45, 7) is 7.99. The molecule has 19 heavy (non-hydrogen) atoms. The molecule has 1 atom stereocenters. The lowest BCUT2D eigenvalue weighted by atomic mass is 10.0. The van der Waals surface area contributed by atoms with Crippen molar-refractivity contribution in [1.82, 2.24) is 15.3 Å². The molecule has 1 aromatic rings. The van der Waals surface area contributed by atoms with Crippen molar-refractivity contribution in [2.24, 2.45) is 5.92 Å². The zero-order valence-corrected chi connectivity index (χ0v) is 12.3. The van der Waals surface area contributed by atoms with Gasteiger partial charge in [-0.2, -0.15) is 0 Å². The lowest BCUT2D eigenvalue weighted by molar-refractivity contribution is 0.322. The molecule has 0 saturated heterocycles. The molecule has 1 aromatic heterocycles. The molecule has 4 nitrogen and oxygen atoms in total. The molecule has 0 aromatic carbocycles. The first-order valence-corrected chi connectivity index (χ1v) is 7.42. The van der Waals surface area contributed by atoms with Crippen LogP contribution < -0.4 is 10.1 Å². The van der Waals surface area contributed by atoms with Crippen molar-refractivity contribution in [2.45, 2.75) is 52.5 Å².